The third-order valence-electron chi connectivity index (χ3n) is 6.05. The fraction of sp³-hybridized carbons (Fsp3) is 0.696. The predicted molar refractivity (Wildman–Crippen MR) is 108 cm³/mol. The molecule has 1 heterocycles. The Labute approximate surface area is 164 Å². The number of nitrogens with zero attached hydrogens (tertiary/aromatic N) is 1. The molecule has 1 unspecified atom stereocenters. The van der Waals surface area contributed by atoms with Gasteiger partial charge in [0.05, 0.1) is 13.2 Å². The largest absolute Gasteiger partial charge is 0.483 e. The van der Waals surface area contributed by atoms with Crippen LogP contribution in [0.2, 0.25) is 0 Å². The summed E-state index contributed by atoms with van der Waals surface area (Å²) >= 11 is 0. The van der Waals surface area contributed by atoms with Crippen LogP contribution in [0.4, 0.5) is 0 Å². The molecule has 1 amide bonds. The van der Waals surface area contributed by atoms with Gasteiger partial charge in [-0.15, -0.1) is 0 Å². The minimum absolute atomic E-state index is 0.0544. The summed E-state index contributed by atoms with van der Waals surface area (Å²) in [6, 6.07) is 8.19. The lowest BCUT2D eigenvalue weighted by Crippen LogP contribution is -2.43. The number of hydrogen-bond acceptors (Lipinski definition) is 3. The Morgan fingerprint density at radius 1 is 1.19 bits per heavy atom. The van der Waals surface area contributed by atoms with Gasteiger partial charge in [-0.1, -0.05) is 57.2 Å². The number of benzene rings is 1. The topological polar surface area (TPSA) is 38.8 Å². The number of amides is 1. The summed E-state index contributed by atoms with van der Waals surface area (Å²) in [5.74, 6) is 2.60. The molecule has 1 atom stereocenters. The van der Waals surface area contributed by atoms with E-state index in [1.807, 2.05) is 17.0 Å². The number of hydrogen-bond donors (Lipinski definition) is 0. The van der Waals surface area contributed by atoms with Crippen molar-refractivity contribution in [1.29, 1.82) is 0 Å². The molecule has 1 saturated heterocycles. The van der Waals surface area contributed by atoms with Crippen LogP contribution >= 0.6 is 0 Å². The second-order valence-electron chi connectivity index (χ2n) is 8.27. The van der Waals surface area contributed by atoms with Crippen LogP contribution in [0.1, 0.15) is 57.4 Å². The van der Waals surface area contributed by atoms with Gasteiger partial charge >= 0.3 is 0 Å². The number of morpholine rings is 1. The number of aryl methyl sites for hydroxylation is 1. The van der Waals surface area contributed by atoms with Gasteiger partial charge in [-0.25, -0.2) is 0 Å². The fourth-order valence-electron chi connectivity index (χ4n) is 4.41. The SMILES string of the molecule is CC(CCc1ccccc1OCC(=O)N1CCOCC1)CC1CCCCC1. The summed E-state index contributed by atoms with van der Waals surface area (Å²) < 4.78 is 11.2. The smallest absolute Gasteiger partial charge is 0.260 e. The Kier molecular flexibility index (Phi) is 8.00. The maximum atomic E-state index is 12.3. The zero-order chi connectivity index (χ0) is 18.9. The quantitative estimate of drug-likeness (QED) is 0.675. The normalized spacial score (nSPS) is 19.7. The fourth-order valence-corrected chi connectivity index (χ4v) is 4.41. The van der Waals surface area contributed by atoms with Crippen LogP contribution in [0.15, 0.2) is 24.3 Å². The van der Waals surface area contributed by atoms with Crippen molar-refractivity contribution in [3.63, 3.8) is 0 Å². The van der Waals surface area contributed by atoms with Gasteiger partial charge in [0.15, 0.2) is 6.61 Å². The molecule has 3 rings (SSSR count). The summed E-state index contributed by atoms with van der Waals surface area (Å²) in [6.07, 6.45) is 10.7. The van der Waals surface area contributed by atoms with Crippen molar-refractivity contribution in [3.05, 3.63) is 29.8 Å². The Morgan fingerprint density at radius 2 is 1.93 bits per heavy atom. The highest BCUT2D eigenvalue weighted by molar-refractivity contribution is 5.77. The molecule has 1 aromatic rings. The van der Waals surface area contributed by atoms with Crippen LogP contribution in [0.25, 0.3) is 0 Å². The summed E-state index contributed by atoms with van der Waals surface area (Å²) in [5.41, 5.74) is 1.22. The molecule has 1 saturated carbocycles. The molecule has 27 heavy (non-hydrogen) atoms. The lowest BCUT2D eigenvalue weighted by Gasteiger charge is -2.27. The molecule has 2 fully saturated rings. The molecular formula is C23H35NO3. The molecule has 0 radical (unpaired) electrons. The molecule has 0 N–H and O–H groups in total. The van der Waals surface area contributed by atoms with E-state index in [0.717, 1.165) is 24.0 Å². The van der Waals surface area contributed by atoms with Gasteiger partial charge in [0.25, 0.3) is 5.91 Å². The van der Waals surface area contributed by atoms with E-state index in [0.29, 0.717) is 26.3 Å². The number of ether oxygens (including phenoxy) is 2. The lowest BCUT2D eigenvalue weighted by molar-refractivity contribution is -0.137. The highest BCUT2D eigenvalue weighted by atomic mass is 16.5. The summed E-state index contributed by atoms with van der Waals surface area (Å²) in [5, 5.41) is 0. The number of rotatable bonds is 8. The van der Waals surface area contributed by atoms with Crippen LogP contribution in [-0.4, -0.2) is 43.7 Å². The summed E-state index contributed by atoms with van der Waals surface area (Å²) in [4.78, 5) is 14.1. The molecule has 150 valence electrons. The molecule has 1 aliphatic carbocycles. The van der Waals surface area contributed by atoms with E-state index in [2.05, 4.69) is 19.1 Å². The molecule has 0 aromatic heterocycles. The van der Waals surface area contributed by atoms with Crippen molar-refractivity contribution in [1.82, 2.24) is 4.90 Å². The highest BCUT2D eigenvalue weighted by Crippen LogP contribution is 2.31. The van der Waals surface area contributed by atoms with E-state index in [-0.39, 0.29) is 12.5 Å². The van der Waals surface area contributed by atoms with Gasteiger partial charge in [-0.3, -0.25) is 4.79 Å². The average Bonchev–Trinajstić information content (AvgIpc) is 2.72. The zero-order valence-electron chi connectivity index (χ0n) is 16.8. The number of para-hydroxylation sites is 1. The van der Waals surface area contributed by atoms with Crippen molar-refractivity contribution >= 4 is 5.91 Å². The second kappa shape index (κ2) is 10.7. The van der Waals surface area contributed by atoms with Gasteiger partial charge in [0.2, 0.25) is 0 Å². The van der Waals surface area contributed by atoms with Gasteiger partial charge in [0.1, 0.15) is 5.75 Å². The molecule has 0 bridgehead atoms. The van der Waals surface area contributed by atoms with Gasteiger partial charge in [-0.05, 0) is 42.7 Å². The average molecular weight is 374 g/mol. The first-order valence-electron chi connectivity index (χ1n) is 10.8. The van der Waals surface area contributed by atoms with Crippen molar-refractivity contribution in [2.75, 3.05) is 32.9 Å². The number of carbonyl (C=O) groups is 1. The van der Waals surface area contributed by atoms with Crippen LogP contribution in [0, 0.1) is 11.8 Å². The monoisotopic (exact) mass is 373 g/mol. The Bertz CT molecular complexity index is 577. The van der Waals surface area contributed by atoms with E-state index in [1.165, 1.54) is 50.5 Å². The van der Waals surface area contributed by atoms with E-state index in [4.69, 9.17) is 9.47 Å². The van der Waals surface area contributed by atoms with Crippen LogP contribution in [0.3, 0.4) is 0 Å². The van der Waals surface area contributed by atoms with E-state index in [9.17, 15) is 4.79 Å². The predicted octanol–water partition coefficient (Wildman–Crippen LogP) is 4.46. The molecule has 4 nitrogen and oxygen atoms in total. The minimum atomic E-state index is 0.0544. The third-order valence-corrected chi connectivity index (χ3v) is 6.05. The first kappa shape index (κ1) is 20.2. The summed E-state index contributed by atoms with van der Waals surface area (Å²) in [7, 11) is 0. The second-order valence-corrected chi connectivity index (χ2v) is 8.27. The van der Waals surface area contributed by atoms with Crippen molar-refractivity contribution < 1.29 is 14.3 Å². The van der Waals surface area contributed by atoms with Gasteiger partial charge in [0, 0.05) is 13.1 Å². The van der Waals surface area contributed by atoms with Crippen LogP contribution in [0.5, 0.6) is 5.75 Å². The molecule has 0 spiro atoms. The minimum Gasteiger partial charge on any atom is -0.483 e. The van der Waals surface area contributed by atoms with Crippen LogP contribution < -0.4 is 4.74 Å². The van der Waals surface area contributed by atoms with E-state index >= 15 is 0 Å². The molecular weight excluding hydrogens is 338 g/mol. The number of carbonyl (C=O) groups excluding carboxylic acids is 1. The summed E-state index contributed by atoms with van der Waals surface area (Å²) in [6.45, 7) is 5.10. The standard InChI is InChI=1S/C23H35NO3/c1-19(17-20-7-3-2-4-8-20)11-12-21-9-5-6-10-22(21)27-18-23(25)24-13-15-26-16-14-24/h5-6,9-10,19-20H,2-4,7-8,11-18H2,1H3. The Balaban J connectivity index is 1.45. The van der Waals surface area contributed by atoms with Gasteiger partial charge < -0.3 is 14.4 Å². The van der Waals surface area contributed by atoms with Crippen molar-refractivity contribution in [2.24, 2.45) is 11.8 Å². The molecule has 1 aliphatic heterocycles. The third kappa shape index (κ3) is 6.53. The Morgan fingerprint density at radius 3 is 2.70 bits per heavy atom. The first-order chi connectivity index (χ1) is 13.2. The van der Waals surface area contributed by atoms with Crippen molar-refractivity contribution in [3.8, 4) is 5.75 Å². The zero-order valence-corrected chi connectivity index (χ0v) is 16.8. The van der Waals surface area contributed by atoms with Crippen LogP contribution in [-0.2, 0) is 16.0 Å². The first-order valence-corrected chi connectivity index (χ1v) is 10.8. The molecule has 4 heteroatoms. The van der Waals surface area contributed by atoms with E-state index < -0.39 is 0 Å². The highest BCUT2D eigenvalue weighted by Gasteiger charge is 2.19. The maximum Gasteiger partial charge on any atom is 0.260 e. The maximum absolute atomic E-state index is 12.3. The Hall–Kier alpha value is -1.55. The lowest BCUT2D eigenvalue weighted by atomic mass is 9.82. The molecule has 1 aromatic carbocycles. The van der Waals surface area contributed by atoms with Crippen molar-refractivity contribution in [2.45, 2.75) is 58.3 Å². The van der Waals surface area contributed by atoms with Gasteiger partial charge in [-0.2, -0.15) is 0 Å². The molecule has 2 aliphatic rings. The van der Waals surface area contributed by atoms with E-state index in [1.54, 1.807) is 0 Å².